The second kappa shape index (κ2) is 5.17. The number of rotatable bonds is 3. The molecule has 0 spiro atoms. The lowest BCUT2D eigenvalue weighted by Crippen LogP contribution is -2.46. The van der Waals surface area contributed by atoms with Crippen LogP contribution in [0.15, 0.2) is 18.2 Å². The van der Waals surface area contributed by atoms with Crippen molar-refractivity contribution in [2.45, 2.75) is 18.5 Å². The van der Waals surface area contributed by atoms with E-state index in [4.69, 9.17) is 5.11 Å². The van der Waals surface area contributed by atoms with Gasteiger partial charge >= 0.3 is 18.3 Å². The van der Waals surface area contributed by atoms with Crippen LogP contribution in [-0.4, -0.2) is 29.5 Å². The molecule has 0 unspecified atom stereocenters. The topological polar surface area (TPSA) is 46.5 Å². The molecule has 20 heavy (non-hydrogen) atoms. The maximum Gasteiger partial charge on any atom is 0.434 e. The van der Waals surface area contributed by atoms with Crippen LogP contribution >= 0.6 is 0 Å². The van der Waals surface area contributed by atoms with E-state index in [9.17, 15) is 35.5 Å². The van der Waals surface area contributed by atoms with Crippen LogP contribution in [0.5, 0.6) is 5.75 Å². The first kappa shape index (κ1) is 16.1. The lowest BCUT2D eigenvalue weighted by atomic mass is 10.2. The number of benzene rings is 1. The molecule has 0 aliphatic carbocycles. The van der Waals surface area contributed by atoms with E-state index in [0.717, 1.165) is 0 Å². The maximum absolute atomic E-state index is 13.2. The highest BCUT2D eigenvalue weighted by Gasteiger charge is 2.59. The maximum atomic E-state index is 13.2. The minimum Gasteiger partial charge on any atom is -0.478 e. The van der Waals surface area contributed by atoms with Crippen molar-refractivity contribution in [3.05, 3.63) is 29.6 Å². The van der Waals surface area contributed by atoms with Crippen LogP contribution in [0.3, 0.4) is 0 Å². The molecule has 10 heteroatoms. The molecule has 0 saturated heterocycles. The van der Waals surface area contributed by atoms with E-state index in [1.807, 2.05) is 0 Å². The lowest BCUT2D eigenvalue weighted by molar-refractivity contribution is -0.300. The molecule has 0 radical (unpaired) electrons. The molecule has 3 nitrogen and oxygen atoms in total. The molecular formula is C10H5F7O3. The first-order valence-corrected chi connectivity index (χ1v) is 4.76. The quantitative estimate of drug-likeness (QED) is 0.871. The summed E-state index contributed by atoms with van der Waals surface area (Å²) < 4.78 is 89.9. The minimum absolute atomic E-state index is 0.251. The molecule has 0 aliphatic rings. The minimum atomic E-state index is -5.80. The standard InChI is InChI=1S/C10H5F7O3/c11-5-3-4(7(18)19)1-2-6(5)20-8(9(12,13)14)10(15,16)17/h1-3,8H,(H,18,19). The van der Waals surface area contributed by atoms with E-state index in [2.05, 4.69) is 4.74 Å². The van der Waals surface area contributed by atoms with Gasteiger partial charge < -0.3 is 9.84 Å². The van der Waals surface area contributed by atoms with Crippen LogP contribution in [-0.2, 0) is 0 Å². The monoisotopic (exact) mass is 306 g/mol. The van der Waals surface area contributed by atoms with Gasteiger partial charge in [-0.1, -0.05) is 0 Å². The summed E-state index contributed by atoms with van der Waals surface area (Å²) in [6.07, 6.45) is -15.8. The Labute approximate surface area is 106 Å². The van der Waals surface area contributed by atoms with Gasteiger partial charge in [-0.25, -0.2) is 9.18 Å². The largest absolute Gasteiger partial charge is 0.478 e. The van der Waals surface area contributed by atoms with E-state index < -0.39 is 41.6 Å². The van der Waals surface area contributed by atoms with Crippen LogP contribution in [0.1, 0.15) is 10.4 Å². The summed E-state index contributed by atoms with van der Waals surface area (Å²) in [5, 5.41) is 8.47. The van der Waals surface area contributed by atoms with Gasteiger partial charge in [-0.3, -0.25) is 0 Å². The molecule has 0 aromatic heterocycles. The van der Waals surface area contributed by atoms with Crippen LogP contribution in [0.4, 0.5) is 30.7 Å². The second-order valence-corrected chi connectivity index (χ2v) is 3.53. The van der Waals surface area contributed by atoms with Crippen molar-refractivity contribution in [2.75, 3.05) is 0 Å². The van der Waals surface area contributed by atoms with E-state index in [1.54, 1.807) is 0 Å². The Morgan fingerprint density at radius 3 is 1.95 bits per heavy atom. The van der Waals surface area contributed by atoms with Crippen molar-refractivity contribution in [1.29, 1.82) is 0 Å². The lowest BCUT2D eigenvalue weighted by Gasteiger charge is -2.24. The predicted octanol–water partition coefficient (Wildman–Crippen LogP) is 3.40. The van der Waals surface area contributed by atoms with Crippen LogP contribution in [0, 0.1) is 5.82 Å². The zero-order valence-electron chi connectivity index (χ0n) is 9.22. The Balaban J connectivity index is 3.10. The molecule has 112 valence electrons. The molecule has 0 bridgehead atoms. The van der Waals surface area contributed by atoms with E-state index in [-0.39, 0.29) is 6.07 Å². The first-order valence-electron chi connectivity index (χ1n) is 4.76. The van der Waals surface area contributed by atoms with Gasteiger partial charge in [-0.2, -0.15) is 26.3 Å². The molecule has 0 fully saturated rings. The van der Waals surface area contributed by atoms with E-state index in [0.29, 0.717) is 12.1 Å². The smallest absolute Gasteiger partial charge is 0.434 e. The van der Waals surface area contributed by atoms with Gasteiger partial charge in [0.2, 0.25) is 0 Å². The van der Waals surface area contributed by atoms with Gasteiger partial charge in [-0.15, -0.1) is 0 Å². The summed E-state index contributed by atoms with van der Waals surface area (Å²) in [5.41, 5.74) is -0.648. The molecule has 0 amide bonds. The third-order valence-corrected chi connectivity index (χ3v) is 2.02. The fourth-order valence-corrected chi connectivity index (χ4v) is 1.18. The number of carboxylic acids is 1. The SMILES string of the molecule is O=C(O)c1ccc(OC(C(F)(F)F)C(F)(F)F)c(F)c1. The number of alkyl halides is 6. The van der Waals surface area contributed by atoms with Crippen LogP contribution in [0.2, 0.25) is 0 Å². The first-order chi connectivity index (χ1) is 8.93. The number of hydrogen-bond acceptors (Lipinski definition) is 2. The molecule has 1 aromatic rings. The van der Waals surface area contributed by atoms with Gasteiger partial charge in [0.05, 0.1) is 5.56 Å². The van der Waals surface area contributed by atoms with Crippen molar-refractivity contribution in [2.24, 2.45) is 0 Å². The normalized spacial score (nSPS) is 12.6. The van der Waals surface area contributed by atoms with Crippen LogP contribution in [0.25, 0.3) is 0 Å². The van der Waals surface area contributed by atoms with Crippen molar-refractivity contribution in [3.8, 4) is 5.75 Å². The second-order valence-electron chi connectivity index (χ2n) is 3.53. The average molecular weight is 306 g/mol. The van der Waals surface area contributed by atoms with E-state index in [1.165, 1.54) is 0 Å². The molecule has 0 saturated carbocycles. The average Bonchev–Trinajstić information content (AvgIpc) is 2.23. The van der Waals surface area contributed by atoms with Crippen molar-refractivity contribution >= 4 is 5.97 Å². The highest BCUT2D eigenvalue weighted by atomic mass is 19.4. The van der Waals surface area contributed by atoms with Crippen molar-refractivity contribution < 1.29 is 45.4 Å². The zero-order valence-corrected chi connectivity index (χ0v) is 9.22. The summed E-state index contributed by atoms with van der Waals surface area (Å²) >= 11 is 0. The number of carbonyl (C=O) groups is 1. The fourth-order valence-electron chi connectivity index (χ4n) is 1.18. The molecule has 0 atom stereocenters. The molecular weight excluding hydrogens is 301 g/mol. The highest BCUT2D eigenvalue weighted by Crippen LogP contribution is 2.37. The highest BCUT2D eigenvalue weighted by molar-refractivity contribution is 5.87. The van der Waals surface area contributed by atoms with Gasteiger partial charge in [0, 0.05) is 0 Å². The summed E-state index contributed by atoms with van der Waals surface area (Å²) in [4.78, 5) is 10.4. The third-order valence-electron chi connectivity index (χ3n) is 2.02. The Morgan fingerprint density at radius 1 is 1.10 bits per heavy atom. The fraction of sp³-hybridized carbons (Fsp3) is 0.300. The summed E-state index contributed by atoms with van der Waals surface area (Å²) in [7, 11) is 0. The Morgan fingerprint density at radius 2 is 1.60 bits per heavy atom. The Bertz CT molecular complexity index is 493. The number of halogens is 7. The van der Waals surface area contributed by atoms with E-state index >= 15 is 0 Å². The van der Waals surface area contributed by atoms with Gasteiger partial charge in [-0.05, 0) is 18.2 Å². The Hall–Kier alpha value is -2.00. The Kier molecular flexibility index (Phi) is 4.15. The third kappa shape index (κ3) is 3.75. The van der Waals surface area contributed by atoms with Gasteiger partial charge in [0.15, 0.2) is 11.6 Å². The van der Waals surface area contributed by atoms with Crippen LogP contribution < -0.4 is 4.74 Å². The summed E-state index contributed by atoms with van der Waals surface area (Å²) in [5.74, 6) is -4.60. The van der Waals surface area contributed by atoms with Gasteiger partial charge in [0.1, 0.15) is 0 Å². The number of aromatic carboxylic acids is 1. The molecule has 1 aromatic carbocycles. The van der Waals surface area contributed by atoms with Crippen molar-refractivity contribution in [3.63, 3.8) is 0 Å². The molecule has 1 rings (SSSR count). The molecule has 0 aliphatic heterocycles. The summed E-state index contributed by atoms with van der Waals surface area (Å²) in [6.45, 7) is 0. The zero-order chi connectivity index (χ0) is 15.7. The molecule has 1 N–H and O–H groups in total. The number of carboxylic acid groups (broad SMARTS) is 1. The number of ether oxygens (including phenoxy) is 1. The summed E-state index contributed by atoms with van der Waals surface area (Å²) in [6, 6.07) is 1.25. The molecule has 0 heterocycles. The number of hydrogen-bond donors (Lipinski definition) is 1. The predicted molar refractivity (Wildman–Crippen MR) is 49.9 cm³/mol. The van der Waals surface area contributed by atoms with Crippen molar-refractivity contribution in [1.82, 2.24) is 0 Å². The van der Waals surface area contributed by atoms with Gasteiger partial charge in [0.25, 0.3) is 6.10 Å².